The summed E-state index contributed by atoms with van der Waals surface area (Å²) in [4.78, 5) is 33.6. The van der Waals surface area contributed by atoms with Crippen molar-refractivity contribution < 1.29 is 9.59 Å². The molecular weight excluding hydrogens is 424 g/mol. The third-order valence-electron chi connectivity index (χ3n) is 6.99. The van der Waals surface area contributed by atoms with E-state index in [1.165, 1.54) is 11.1 Å². The van der Waals surface area contributed by atoms with E-state index in [0.29, 0.717) is 11.1 Å². The molecule has 6 nitrogen and oxygen atoms in total. The first kappa shape index (κ1) is 19.1. The Morgan fingerprint density at radius 3 is 2.53 bits per heavy atom. The first-order valence-corrected chi connectivity index (χ1v) is 11.4. The van der Waals surface area contributed by atoms with Crippen LogP contribution < -0.4 is 5.32 Å². The van der Waals surface area contributed by atoms with E-state index in [1.54, 1.807) is 12.4 Å². The summed E-state index contributed by atoms with van der Waals surface area (Å²) >= 11 is 0. The quantitative estimate of drug-likeness (QED) is 0.396. The Morgan fingerprint density at radius 1 is 0.853 bits per heavy atom. The lowest BCUT2D eigenvalue weighted by atomic mass is 9.94. The van der Waals surface area contributed by atoms with Gasteiger partial charge < -0.3 is 9.55 Å². The van der Waals surface area contributed by atoms with Gasteiger partial charge in [-0.1, -0.05) is 30.3 Å². The number of H-pyrrole nitrogens is 1. The second kappa shape index (κ2) is 7.02. The molecule has 34 heavy (non-hydrogen) atoms. The molecule has 0 unspecified atom stereocenters. The van der Waals surface area contributed by atoms with Gasteiger partial charge in [-0.15, -0.1) is 0 Å². The van der Waals surface area contributed by atoms with Crippen molar-refractivity contribution in [2.75, 3.05) is 0 Å². The molecule has 0 bridgehead atoms. The van der Waals surface area contributed by atoms with Crippen molar-refractivity contribution in [1.82, 2.24) is 19.9 Å². The summed E-state index contributed by atoms with van der Waals surface area (Å²) in [5.41, 5.74) is 7.92. The Hall–Kier alpha value is -4.45. The molecular formula is C28H20N4O2. The third kappa shape index (κ3) is 2.65. The van der Waals surface area contributed by atoms with Crippen molar-refractivity contribution >= 4 is 44.8 Å². The first-order chi connectivity index (χ1) is 16.7. The molecule has 0 radical (unpaired) electrons. The van der Waals surface area contributed by atoms with Gasteiger partial charge in [-0.3, -0.25) is 19.9 Å². The lowest BCUT2D eigenvalue weighted by molar-refractivity contribution is -0.122. The van der Waals surface area contributed by atoms with E-state index in [2.05, 4.69) is 32.0 Å². The lowest BCUT2D eigenvalue weighted by Crippen LogP contribution is -2.22. The highest BCUT2D eigenvalue weighted by molar-refractivity contribution is 6.50. The molecule has 7 rings (SSSR count). The number of rotatable bonds is 3. The van der Waals surface area contributed by atoms with Gasteiger partial charge in [0.1, 0.15) is 0 Å². The van der Waals surface area contributed by atoms with Gasteiger partial charge in [0.05, 0.1) is 16.7 Å². The topological polar surface area (TPSA) is 79.8 Å². The summed E-state index contributed by atoms with van der Waals surface area (Å²) in [6.45, 7) is 0.913. The zero-order valence-corrected chi connectivity index (χ0v) is 18.3. The van der Waals surface area contributed by atoms with Crippen LogP contribution in [0, 0.1) is 0 Å². The standard InChI is InChI=1S/C28H20N4O2/c33-27-24(21-14-30-23-13-18(6-7-19(21)23)16-8-10-29-11-9-16)25(28(34)31-27)22-15-32-12-2-4-17-3-1-5-20(22)26(17)32/h1,3,5-11,13-15,30H,2,4,12H2,(H,31,33,34). The maximum atomic E-state index is 13.1. The van der Waals surface area contributed by atoms with Gasteiger partial charge in [0.15, 0.2) is 0 Å². The molecule has 3 aromatic heterocycles. The molecule has 0 aliphatic carbocycles. The van der Waals surface area contributed by atoms with Crippen LogP contribution in [0.15, 0.2) is 73.3 Å². The number of amides is 2. The summed E-state index contributed by atoms with van der Waals surface area (Å²) in [6.07, 6.45) is 9.50. The van der Waals surface area contributed by atoms with Crippen LogP contribution >= 0.6 is 0 Å². The highest BCUT2D eigenvalue weighted by Crippen LogP contribution is 2.40. The van der Waals surface area contributed by atoms with Crippen LogP contribution in [0.25, 0.3) is 44.1 Å². The third-order valence-corrected chi connectivity index (χ3v) is 6.99. The fraction of sp³-hybridized carbons (Fsp3) is 0.107. The normalized spacial score (nSPS) is 15.5. The van der Waals surface area contributed by atoms with Gasteiger partial charge in [-0.05, 0) is 47.7 Å². The number of carbonyl (C=O) groups excluding carboxylic acids is 2. The molecule has 0 spiro atoms. The molecule has 5 heterocycles. The van der Waals surface area contributed by atoms with Gasteiger partial charge in [-0.25, -0.2) is 0 Å². The molecule has 2 aromatic carbocycles. The number of nitrogens with zero attached hydrogens (tertiary/aromatic N) is 2. The Morgan fingerprint density at radius 2 is 1.68 bits per heavy atom. The van der Waals surface area contributed by atoms with E-state index in [4.69, 9.17) is 0 Å². The minimum Gasteiger partial charge on any atom is -0.361 e. The molecule has 2 aliphatic heterocycles. The summed E-state index contributed by atoms with van der Waals surface area (Å²) in [5, 5.41) is 4.47. The van der Waals surface area contributed by atoms with E-state index in [1.807, 2.05) is 48.8 Å². The number of aromatic nitrogens is 3. The number of benzene rings is 2. The molecule has 6 heteroatoms. The molecule has 0 saturated heterocycles. The van der Waals surface area contributed by atoms with Crippen molar-refractivity contribution in [1.29, 1.82) is 0 Å². The number of pyridine rings is 1. The second-order valence-electron chi connectivity index (χ2n) is 8.88. The van der Waals surface area contributed by atoms with Gasteiger partial charge in [0, 0.05) is 58.7 Å². The van der Waals surface area contributed by atoms with Crippen LogP contribution in [-0.2, 0) is 22.6 Å². The van der Waals surface area contributed by atoms with Gasteiger partial charge >= 0.3 is 0 Å². The highest BCUT2D eigenvalue weighted by atomic mass is 16.2. The predicted octanol–water partition coefficient (Wildman–Crippen LogP) is 4.70. The Bertz CT molecular complexity index is 1690. The molecule has 164 valence electrons. The van der Waals surface area contributed by atoms with E-state index in [0.717, 1.165) is 57.9 Å². The second-order valence-corrected chi connectivity index (χ2v) is 8.88. The average molecular weight is 444 g/mol. The Labute approximate surface area is 194 Å². The van der Waals surface area contributed by atoms with E-state index in [9.17, 15) is 9.59 Å². The number of hydrogen-bond donors (Lipinski definition) is 2. The Kier molecular flexibility index (Phi) is 3.94. The average Bonchev–Trinajstić information content (AvgIpc) is 3.53. The fourth-order valence-electron chi connectivity index (χ4n) is 5.48. The SMILES string of the molecule is O=C1NC(=O)C(c2cn3c4c(cccc24)CCC3)=C1c1c[nH]c2cc(-c3ccncc3)ccc12. The van der Waals surface area contributed by atoms with Crippen LogP contribution in [0.2, 0.25) is 0 Å². The summed E-state index contributed by atoms with van der Waals surface area (Å²) in [6, 6.07) is 16.3. The molecule has 0 saturated carbocycles. The minimum atomic E-state index is -0.356. The van der Waals surface area contributed by atoms with E-state index < -0.39 is 0 Å². The number of aromatic amines is 1. The maximum absolute atomic E-state index is 13.1. The zero-order valence-electron chi connectivity index (χ0n) is 18.3. The number of carbonyl (C=O) groups is 2. The molecule has 2 aliphatic rings. The van der Waals surface area contributed by atoms with Crippen LogP contribution in [-0.4, -0.2) is 26.3 Å². The summed E-state index contributed by atoms with van der Waals surface area (Å²) in [5.74, 6) is -0.697. The minimum absolute atomic E-state index is 0.341. The summed E-state index contributed by atoms with van der Waals surface area (Å²) in [7, 11) is 0. The van der Waals surface area contributed by atoms with Gasteiger partial charge in [0.25, 0.3) is 11.8 Å². The van der Waals surface area contributed by atoms with Crippen molar-refractivity contribution in [2.24, 2.45) is 0 Å². The highest BCUT2D eigenvalue weighted by Gasteiger charge is 2.35. The molecule has 0 fully saturated rings. The number of nitrogens with one attached hydrogen (secondary N) is 2. The van der Waals surface area contributed by atoms with Crippen LogP contribution in [0.5, 0.6) is 0 Å². The van der Waals surface area contributed by atoms with Crippen LogP contribution in [0.4, 0.5) is 0 Å². The van der Waals surface area contributed by atoms with Crippen molar-refractivity contribution in [3.8, 4) is 11.1 Å². The molecule has 5 aromatic rings. The van der Waals surface area contributed by atoms with E-state index >= 15 is 0 Å². The number of fused-ring (bicyclic) bond motifs is 1. The largest absolute Gasteiger partial charge is 0.361 e. The van der Waals surface area contributed by atoms with Crippen molar-refractivity contribution in [3.05, 3.63) is 90.0 Å². The monoisotopic (exact) mass is 444 g/mol. The maximum Gasteiger partial charge on any atom is 0.259 e. The smallest absolute Gasteiger partial charge is 0.259 e. The van der Waals surface area contributed by atoms with Crippen LogP contribution in [0.3, 0.4) is 0 Å². The van der Waals surface area contributed by atoms with Crippen molar-refractivity contribution in [2.45, 2.75) is 19.4 Å². The number of aryl methyl sites for hydroxylation is 2. The number of para-hydroxylation sites is 1. The van der Waals surface area contributed by atoms with Gasteiger partial charge in [0.2, 0.25) is 0 Å². The number of imide groups is 1. The summed E-state index contributed by atoms with van der Waals surface area (Å²) < 4.78 is 2.22. The number of hydrogen-bond acceptors (Lipinski definition) is 3. The molecule has 2 N–H and O–H groups in total. The fourth-order valence-corrected chi connectivity index (χ4v) is 5.48. The van der Waals surface area contributed by atoms with Gasteiger partial charge in [-0.2, -0.15) is 0 Å². The first-order valence-electron chi connectivity index (χ1n) is 11.4. The predicted molar refractivity (Wildman–Crippen MR) is 132 cm³/mol. The lowest BCUT2D eigenvalue weighted by Gasteiger charge is -2.14. The van der Waals surface area contributed by atoms with E-state index in [-0.39, 0.29) is 11.8 Å². The Balaban J connectivity index is 1.45. The molecule has 2 amide bonds. The van der Waals surface area contributed by atoms with Crippen LogP contribution in [0.1, 0.15) is 23.1 Å². The zero-order chi connectivity index (χ0) is 22.8. The molecule has 0 atom stereocenters. The van der Waals surface area contributed by atoms with Crippen molar-refractivity contribution in [3.63, 3.8) is 0 Å².